The molecule has 0 aliphatic rings. The summed E-state index contributed by atoms with van der Waals surface area (Å²) in [6.45, 7) is 2.27. The summed E-state index contributed by atoms with van der Waals surface area (Å²) in [4.78, 5) is 30.4. The van der Waals surface area contributed by atoms with Crippen LogP contribution in [0.5, 0.6) is 0 Å². The predicted octanol–water partition coefficient (Wildman–Crippen LogP) is 4.88. The Morgan fingerprint density at radius 3 is 2.53 bits per heavy atom. The number of aryl methyl sites for hydroxylation is 1. The number of para-hydroxylation sites is 2. The van der Waals surface area contributed by atoms with Crippen LogP contribution in [-0.2, 0) is 17.8 Å². The SMILES string of the molecule is CCc1ccccc1NC(=O)CSc1nc2ccccc2c(=O)n1Cc1ccc(F)cc1. The van der Waals surface area contributed by atoms with Crippen LogP contribution in [0, 0.1) is 5.82 Å². The van der Waals surface area contributed by atoms with E-state index in [-0.39, 0.29) is 29.6 Å². The summed E-state index contributed by atoms with van der Waals surface area (Å²) in [5.41, 5.74) is 3.00. The Labute approximate surface area is 189 Å². The van der Waals surface area contributed by atoms with Crippen molar-refractivity contribution in [1.29, 1.82) is 0 Å². The van der Waals surface area contributed by atoms with Gasteiger partial charge in [0.2, 0.25) is 5.91 Å². The molecule has 0 saturated carbocycles. The van der Waals surface area contributed by atoms with E-state index < -0.39 is 0 Å². The molecular weight excluding hydrogens is 425 g/mol. The molecular formula is C25H22FN3O2S. The van der Waals surface area contributed by atoms with Crippen LogP contribution >= 0.6 is 11.8 Å². The number of thioether (sulfide) groups is 1. The van der Waals surface area contributed by atoms with Crippen molar-refractivity contribution in [3.63, 3.8) is 0 Å². The molecule has 4 aromatic rings. The average Bonchev–Trinajstić information content (AvgIpc) is 2.81. The molecule has 0 spiro atoms. The zero-order valence-corrected chi connectivity index (χ0v) is 18.4. The first kappa shape index (κ1) is 21.8. The highest BCUT2D eigenvalue weighted by Gasteiger charge is 2.14. The Bertz CT molecular complexity index is 1320. The van der Waals surface area contributed by atoms with Gasteiger partial charge in [0.1, 0.15) is 5.82 Å². The molecule has 0 saturated heterocycles. The second kappa shape index (κ2) is 9.78. The summed E-state index contributed by atoms with van der Waals surface area (Å²) in [5, 5.41) is 3.88. The number of carbonyl (C=O) groups excluding carboxylic acids is 1. The lowest BCUT2D eigenvalue weighted by atomic mass is 10.1. The molecule has 1 aromatic heterocycles. The van der Waals surface area contributed by atoms with Gasteiger partial charge in [-0.2, -0.15) is 0 Å². The minimum atomic E-state index is -0.337. The fraction of sp³-hybridized carbons (Fsp3) is 0.160. The van der Waals surface area contributed by atoms with Gasteiger partial charge in [-0.3, -0.25) is 14.2 Å². The monoisotopic (exact) mass is 447 g/mol. The number of aromatic nitrogens is 2. The van der Waals surface area contributed by atoms with Crippen LogP contribution in [0.3, 0.4) is 0 Å². The van der Waals surface area contributed by atoms with E-state index in [0.29, 0.717) is 16.1 Å². The number of nitrogens with zero attached hydrogens (tertiary/aromatic N) is 2. The van der Waals surface area contributed by atoms with E-state index in [1.165, 1.54) is 28.5 Å². The van der Waals surface area contributed by atoms with E-state index in [0.717, 1.165) is 23.2 Å². The van der Waals surface area contributed by atoms with E-state index in [4.69, 9.17) is 0 Å². The number of anilines is 1. The molecule has 3 aromatic carbocycles. The lowest BCUT2D eigenvalue weighted by molar-refractivity contribution is -0.113. The molecule has 0 aliphatic heterocycles. The van der Waals surface area contributed by atoms with Gasteiger partial charge >= 0.3 is 0 Å². The third-order valence-electron chi connectivity index (χ3n) is 5.09. The van der Waals surface area contributed by atoms with Crippen LogP contribution in [0.4, 0.5) is 10.1 Å². The molecule has 1 amide bonds. The Morgan fingerprint density at radius 1 is 1.03 bits per heavy atom. The molecule has 1 heterocycles. The summed E-state index contributed by atoms with van der Waals surface area (Å²) in [6.07, 6.45) is 0.813. The number of amides is 1. The molecule has 162 valence electrons. The Morgan fingerprint density at radius 2 is 1.75 bits per heavy atom. The van der Waals surface area contributed by atoms with Crippen molar-refractivity contribution >= 4 is 34.3 Å². The molecule has 0 unspecified atom stereocenters. The molecule has 1 N–H and O–H groups in total. The van der Waals surface area contributed by atoms with E-state index >= 15 is 0 Å². The van der Waals surface area contributed by atoms with Crippen LogP contribution in [0.15, 0.2) is 82.7 Å². The zero-order valence-electron chi connectivity index (χ0n) is 17.5. The Balaban J connectivity index is 1.61. The van der Waals surface area contributed by atoms with Crippen molar-refractivity contribution in [2.24, 2.45) is 0 Å². The van der Waals surface area contributed by atoms with Gasteiger partial charge < -0.3 is 5.32 Å². The van der Waals surface area contributed by atoms with Crippen LogP contribution < -0.4 is 10.9 Å². The topological polar surface area (TPSA) is 64.0 Å². The summed E-state index contributed by atoms with van der Waals surface area (Å²) >= 11 is 1.20. The normalized spacial score (nSPS) is 10.9. The van der Waals surface area contributed by atoms with Crippen LogP contribution in [0.2, 0.25) is 0 Å². The molecule has 32 heavy (non-hydrogen) atoms. The third-order valence-corrected chi connectivity index (χ3v) is 6.06. The lowest BCUT2D eigenvalue weighted by Gasteiger charge is -2.14. The minimum absolute atomic E-state index is 0.103. The zero-order chi connectivity index (χ0) is 22.5. The standard InChI is InChI=1S/C25H22FN3O2S/c1-2-18-7-3-5-9-21(18)27-23(30)16-32-25-28-22-10-6-4-8-20(22)24(31)29(25)15-17-11-13-19(26)14-12-17/h3-14H,2,15-16H2,1H3,(H,27,30). The maximum Gasteiger partial charge on any atom is 0.262 e. The Hall–Kier alpha value is -3.45. The molecule has 0 aliphatic carbocycles. The number of rotatable bonds is 7. The van der Waals surface area contributed by atoms with Crippen molar-refractivity contribution in [3.05, 3.63) is 100 Å². The van der Waals surface area contributed by atoms with Gasteiger partial charge in [-0.15, -0.1) is 0 Å². The van der Waals surface area contributed by atoms with Crippen molar-refractivity contribution in [3.8, 4) is 0 Å². The first-order valence-electron chi connectivity index (χ1n) is 10.3. The lowest BCUT2D eigenvalue weighted by Crippen LogP contribution is -2.25. The second-order valence-electron chi connectivity index (χ2n) is 7.28. The number of hydrogen-bond donors (Lipinski definition) is 1. The maximum absolute atomic E-state index is 13.3. The maximum atomic E-state index is 13.3. The van der Waals surface area contributed by atoms with Crippen LogP contribution in [0.1, 0.15) is 18.1 Å². The number of benzene rings is 3. The fourth-order valence-electron chi connectivity index (χ4n) is 3.44. The van der Waals surface area contributed by atoms with Gasteiger partial charge in [0.15, 0.2) is 5.16 Å². The number of halogens is 1. The number of nitrogens with one attached hydrogen (secondary N) is 1. The van der Waals surface area contributed by atoms with Crippen molar-refractivity contribution < 1.29 is 9.18 Å². The Kier molecular flexibility index (Phi) is 6.66. The van der Waals surface area contributed by atoms with Gasteiger partial charge in [-0.25, -0.2) is 9.37 Å². The summed E-state index contributed by atoms with van der Waals surface area (Å²) < 4.78 is 14.8. The quantitative estimate of drug-likeness (QED) is 0.324. The summed E-state index contributed by atoms with van der Waals surface area (Å²) in [6, 6.07) is 20.8. The largest absolute Gasteiger partial charge is 0.325 e. The molecule has 5 nitrogen and oxygen atoms in total. The second-order valence-corrected chi connectivity index (χ2v) is 8.22. The smallest absolute Gasteiger partial charge is 0.262 e. The van der Waals surface area contributed by atoms with Gasteiger partial charge in [0.05, 0.1) is 23.2 Å². The van der Waals surface area contributed by atoms with E-state index in [1.807, 2.05) is 37.3 Å². The number of hydrogen-bond acceptors (Lipinski definition) is 4. The first-order chi connectivity index (χ1) is 15.5. The van der Waals surface area contributed by atoms with Crippen LogP contribution in [-0.4, -0.2) is 21.2 Å². The minimum Gasteiger partial charge on any atom is -0.325 e. The highest BCUT2D eigenvalue weighted by atomic mass is 32.2. The molecule has 0 bridgehead atoms. The van der Waals surface area contributed by atoms with E-state index in [1.54, 1.807) is 30.3 Å². The molecule has 0 fully saturated rings. The first-order valence-corrected chi connectivity index (χ1v) is 11.3. The molecule has 0 atom stereocenters. The fourth-order valence-corrected chi connectivity index (χ4v) is 4.24. The summed E-state index contributed by atoms with van der Waals surface area (Å²) in [5.74, 6) is -0.408. The number of fused-ring (bicyclic) bond motifs is 1. The molecule has 0 radical (unpaired) electrons. The van der Waals surface area contributed by atoms with Crippen LogP contribution in [0.25, 0.3) is 10.9 Å². The predicted molar refractivity (Wildman–Crippen MR) is 127 cm³/mol. The molecule has 4 rings (SSSR count). The van der Waals surface area contributed by atoms with Gasteiger partial charge in [0.25, 0.3) is 5.56 Å². The van der Waals surface area contributed by atoms with Gasteiger partial charge in [0, 0.05) is 5.69 Å². The average molecular weight is 448 g/mol. The van der Waals surface area contributed by atoms with E-state index in [9.17, 15) is 14.0 Å². The summed E-state index contributed by atoms with van der Waals surface area (Å²) in [7, 11) is 0. The highest BCUT2D eigenvalue weighted by molar-refractivity contribution is 7.99. The highest BCUT2D eigenvalue weighted by Crippen LogP contribution is 2.21. The van der Waals surface area contributed by atoms with Crippen molar-refractivity contribution in [2.75, 3.05) is 11.1 Å². The van der Waals surface area contributed by atoms with E-state index in [2.05, 4.69) is 10.3 Å². The number of carbonyl (C=O) groups is 1. The molecule has 7 heteroatoms. The van der Waals surface area contributed by atoms with Crippen molar-refractivity contribution in [1.82, 2.24) is 9.55 Å². The van der Waals surface area contributed by atoms with Gasteiger partial charge in [-0.05, 0) is 47.9 Å². The van der Waals surface area contributed by atoms with Crippen molar-refractivity contribution in [2.45, 2.75) is 25.0 Å². The van der Waals surface area contributed by atoms with Gasteiger partial charge in [-0.1, -0.05) is 61.2 Å². The third kappa shape index (κ3) is 4.89.